The molecule has 0 aromatic heterocycles. The summed E-state index contributed by atoms with van der Waals surface area (Å²) in [5, 5.41) is 13.9. The number of rotatable bonds is 8. The van der Waals surface area contributed by atoms with Crippen LogP contribution in [0.15, 0.2) is 0 Å². The predicted molar refractivity (Wildman–Crippen MR) is 64.0 cm³/mol. The maximum atomic E-state index is 11.4. The lowest BCUT2D eigenvalue weighted by Crippen LogP contribution is -2.45. The summed E-state index contributed by atoms with van der Waals surface area (Å²) >= 11 is 0. The third-order valence-corrected chi connectivity index (χ3v) is 2.25. The van der Waals surface area contributed by atoms with Crippen LogP contribution in [-0.2, 0) is 9.53 Å². The van der Waals surface area contributed by atoms with Gasteiger partial charge >= 0.3 is 12.0 Å². The third-order valence-electron chi connectivity index (χ3n) is 2.25. The van der Waals surface area contributed by atoms with Gasteiger partial charge in [0, 0.05) is 19.2 Å². The monoisotopic (exact) mass is 246 g/mol. The van der Waals surface area contributed by atoms with Crippen molar-refractivity contribution in [1.29, 1.82) is 0 Å². The zero-order valence-electron chi connectivity index (χ0n) is 10.7. The molecule has 0 radical (unpaired) electrons. The maximum Gasteiger partial charge on any atom is 0.315 e. The highest BCUT2D eigenvalue weighted by Crippen LogP contribution is 1.97. The van der Waals surface area contributed by atoms with Crippen molar-refractivity contribution in [1.82, 2.24) is 10.6 Å². The number of carbonyl (C=O) groups is 2. The Morgan fingerprint density at radius 1 is 1.35 bits per heavy atom. The number of nitrogens with one attached hydrogen (secondary N) is 2. The van der Waals surface area contributed by atoms with Gasteiger partial charge in [0.25, 0.3) is 0 Å². The highest BCUT2D eigenvalue weighted by molar-refractivity contribution is 5.75. The van der Waals surface area contributed by atoms with Gasteiger partial charge in [0.05, 0.1) is 12.5 Å². The van der Waals surface area contributed by atoms with Gasteiger partial charge in [-0.1, -0.05) is 6.92 Å². The first-order valence-electron chi connectivity index (χ1n) is 5.87. The number of ether oxygens (including phenoxy) is 1. The summed E-state index contributed by atoms with van der Waals surface area (Å²) in [5.41, 5.74) is 0. The molecule has 2 amide bonds. The van der Waals surface area contributed by atoms with Gasteiger partial charge in [-0.3, -0.25) is 4.79 Å². The molecule has 100 valence electrons. The Morgan fingerprint density at radius 3 is 2.47 bits per heavy atom. The normalized spacial score (nSPS) is 13.8. The number of aliphatic carboxylic acids is 1. The first-order valence-corrected chi connectivity index (χ1v) is 5.87. The third kappa shape index (κ3) is 8.50. The average Bonchev–Trinajstić information content (AvgIpc) is 2.25. The van der Waals surface area contributed by atoms with E-state index in [9.17, 15) is 9.59 Å². The second kappa shape index (κ2) is 8.81. The van der Waals surface area contributed by atoms with Crippen molar-refractivity contribution in [2.45, 2.75) is 45.8 Å². The van der Waals surface area contributed by atoms with Crippen LogP contribution in [0.25, 0.3) is 0 Å². The second-order valence-corrected chi connectivity index (χ2v) is 3.82. The molecule has 2 unspecified atom stereocenters. The van der Waals surface area contributed by atoms with Crippen LogP contribution in [0.2, 0.25) is 0 Å². The number of hydrogen-bond acceptors (Lipinski definition) is 3. The molecule has 0 saturated heterocycles. The SMILES string of the molecule is CCOC(C)CNC(=O)NC(CC)CC(=O)O. The van der Waals surface area contributed by atoms with E-state index in [0.717, 1.165) is 0 Å². The molecule has 0 aromatic rings. The van der Waals surface area contributed by atoms with Gasteiger partial charge in [-0.2, -0.15) is 0 Å². The summed E-state index contributed by atoms with van der Waals surface area (Å²) in [7, 11) is 0. The molecule has 6 heteroatoms. The fourth-order valence-corrected chi connectivity index (χ4v) is 1.32. The number of carboxylic acids is 1. The predicted octanol–water partition coefficient (Wildman–Crippen LogP) is 0.964. The molecule has 17 heavy (non-hydrogen) atoms. The first-order chi connectivity index (χ1) is 7.99. The smallest absolute Gasteiger partial charge is 0.315 e. The standard InChI is InChI=1S/C11H22N2O4/c1-4-9(6-10(14)15)13-11(16)12-7-8(3)17-5-2/h8-9H,4-7H2,1-3H3,(H,14,15)(H2,12,13,16). The van der Waals surface area contributed by atoms with Crippen LogP contribution in [0, 0.1) is 0 Å². The van der Waals surface area contributed by atoms with Crippen LogP contribution >= 0.6 is 0 Å². The Kier molecular flexibility index (Phi) is 8.13. The summed E-state index contributed by atoms with van der Waals surface area (Å²) in [4.78, 5) is 21.9. The summed E-state index contributed by atoms with van der Waals surface area (Å²) in [6.45, 7) is 6.58. The van der Waals surface area contributed by atoms with Crippen LogP contribution < -0.4 is 10.6 Å². The van der Waals surface area contributed by atoms with Gasteiger partial charge in [-0.15, -0.1) is 0 Å². The Bertz CT molecular complexity index is 246. The molecule has 0 rings (SSSR count). The van der Waals surface area contributed by atoms with E-state index < -0.39 is 5.97 Å². The molecule has 0 aliphatic rings. The second-order valence-electron chi connectivity index (χ2n) is 3.82. The fraction of sp³-hybridized carbons (Fsp3) is 0.818. The van der Waals surface area contributed by atoms with Crippen molar-refractivity contribution in [2.75, 3.05) is 13.2 Å². The topological polar surface area (TPSA) is 87.7 Å². The summed E-state index contributed by atoms with van der Waals surface area (Å²) < 4.78 is 5.25. The maximum absolute atomic E-state index is 11.4. The molecule has 0 aliphatic heterocycles. The van der Waals surface area contributed by atoms with Crippen LogP contribution in [0.1, 0.15) is 33.6 Å². The molecule has 0 fully saturated rings. The number of amides is 2. The van der Waals surface area contributed by atoms with Crippen molar-refractivity contribution >= 4 is 12.0 Å². The van der Waals surface area contributed by atoms with E-state index >= 15 is 0 Å². The van der Waals surface area contributed by atoms with E-state index in [2.05, 4.69) is 10.6 Å². The molecule has 6 nitrogen and oxygen atoms in total. The number of hydrogen-bond donors (Lipinski definition) is 3. The van der Waals surface area contributed by atoms with Crippen molar-refractivity contribution < 1.29 is 19.4 Å². The van der Waals surface area contributed by atoms with E-state index in [1.165, 1.54) is 0 Å². The summed E-state index contributed by atoms with van der Waals surface area (Å²) in [5.74, 6) is -0.917. The van der Waals surface area contributed by atoms with E-state index in [-0.39, 0.29) is 24.6 Å². The van der Waals surface area contributed by atoms with Gasteiger partial charge in [-0.05, 0) is 20.3 Å². The Hall–Kier alpha value is -1.30. The minimum Gasteiger partial charge on any atom is -0.481 e. The molecule has 0 heterocycles. The number of carboxylic acid groups (broad SMARTS) is 1. The Morgan fingerprint density at radius 2 is 2.00 bits per heavy atom. The molecule has 0 spiro atoms. The van der Waals surface area contributed by atoms with Crippen molar-refractivity contribution in [3.63, 3.8) is 0 Å². The molecular formula is C11H22N2O4. The largest absolute Gasteiger partial charge is 0.481 e. The number of carbonyl (C=O) groups excluding carboxylic acids is 1. The number of urea groups is 1. The lowest BCUT2D eigenvalue weighted by Gasteiger charge is -2.17. The van der Waals surface area contributed by atoms with E-state index in [0.29, 0.717) is 19.6 Å². The summed E-state index contributed by atoms with van der Waals surface area (Å²) in [6, 6.07) is -0.695. The summed E-state index contributed by atoms with van der Waals surface area (Å²) in [6.07, 6.45) is 0.469. The molecule has 0 aliphatic carbocycles. The van der Waals surface area contributed by atoms with Crippen LogP contribution in [0.5, 0.6) is 0 Å². The van der Waals surface area contributed by atoms with Gasteiger partial charge in [0.2, 0.25) is 0 Å². The lowest BCUT2D eigenvalue weighted by atomic mass is 10.1. The molecule has 0 bridgehead atoms. The van der Waals surface area contributed by atoms with Gasteiger partial charge in [0.15, 0.2) is 0 Å². The van der Waals surface area contributed by atoms with Crippen LogP contribution in [0.4, 0.5) is 4.79 Å². The van der Waals surface area contributed by atoms with E-state index in [1.807, 2.05) is 20.8 Å². The van der Waals surface area contributed by atoms with Gasteiger partial charge in [-0.25, -0.2) is 4.79 Å². The highest BCUT2D eigenvalue weighted by atomic mass is 16.5. The van der Waals surface area contributed by atoms with Crippen LogP contribution in [0.3, 0.4) is 0 Å². The van der Waals surface area contributed by atoms with Gasteiger partial charge < -0.3 is 20.5 Å². The molecular weight excluding hydrogens is 224 g/mol. The fourth-order valence-electron chi connectivity index (χ4n) is 1.32. The van der Waals surface area contributed by atoms with Crippen molar-refractivity contribution in [2.24, 2.45) is 0 Å². The zero-order chi connectivity index (χ0) is 13.3. The van der Waals surface area contributed by atoms with E-state index in [4.69, 9.17) is 9.84 Å². The minimum atomic E-state index is -0.917. The van der Waals surface area contributed by atoms with Crippen molar-refractivity contribution in [3.05, 3.63) is 0 Å². The molecule has 2 atom stereocenters. The minimum absolute atomic E-state index is 0.0506. The van der Waals surface area contributed by atoms with E-state index in [1.54, 1.807) is 0 Å². The average molecular weight is 246 g/mol. The molecule has 3 N–H and O–H groups in total. The van der Waals surface area contributed by atoms with Crippen molar-refractivity contribution in [3.8, 4) is 0 Å². The first kappa shape index (κ1) is 15.7. The quantitative estimate of drug-likeness (QED) is 0.595. The highest BCUT2D eigenvalue weighted by Gasteiger charge is 2.14. The molecule has 0 aromatic carbocycles. The zero-order valence-corrected chi connectivity index (χ0v) is 10.7. The lowest BCUT2D eigenvalue weighted by molar-refractivity contribution is -0.137. The Labute approximate surface area is 102 Å². The van der Waals surface area contributed by atoms with Crippen LogP contribution in [-0.4, -0.2) is 42.4 Å². The van der Waals surface area contributed by atoms with Gasteiger partial charge in [0.1, 0.15) is 0 Å². The Balaban J connectivity index is 3.86. The molecule has 0 saturated carbocycles.